The standard InChI is InChI=1S/C23H18Cl2N2O3S/c1-28-21-11-20(16(24)10-17(21)25)27-18-4-5-26-19-8-13(2-3-15(18)19)14-9-22(31-12-14)23-29-6-7-30-23/h2-5,8-12,23H,6-7H2,1H3,(H,26,27). The molecule has 5 rings (SSSR count). The summed E-state index contributed by atoms with van der Waals surface area (Å²) in [5.74, 6) is 0.553. The van der Waals surface area contributed by atoms with Gasteiger partial charge < -0.3 is 19.5 Å². The molecule has 0 saturated carbocycles. The number of fused-ring (bicyclic) bond motifs is 1. The molecule has 1 aliphatic heterocycles. The van der Waals surface area contributed by atoms with Gasteiger partial charge in [0.1, 0.15) is 5.75 Å². The Labute approximate surface area is 193 Å². The molecule has 0 unspecified atom stereocenters. The molecule has 0 amide bonds. The molecule has 1 fully saturated rings. The van der Waals surface area contributed by atoms with Crippen LogP contribution in [-0.2, 0) is 9.47 Å². The number of nitrogens with zero attached hydrogens (tertiary/aromatic N) is 1. The van der Waals surface area contributed by atoms with Gasteiger partial charge in [-0.3, -0.25) is 4.98 Å². The van der Waals surface area contributed by atoms with Crippen LogP contribution < -0.4 is 10.1 Å². The zero-order valence-corrected chi connectivity index (χ0v) is 18.9. The molecule has 3 heterocycles. The van der Waals surface area contributed by atoms with E-state index >= 15 is 0 Å². The Morgan fingerprint density at radius 3 is 2.65 bits per heavy atom. The highest BCUT2D eigenvalue weighted by molar-refractivity contribution is 7.10. The Morgan fingerprint density at radius 1 is 1.00 bits per heavy atom. The number of halogens is 2. The van der Waals surface area contributed by atoms with Crippen LogP contribution in [0.25, 0.3) is 22.0 Å². The Kier molecular flexibility index (Phi) is 5.73. The normalized spacial score (nSPS) is 14.3. The van der Waals surface area contributed by atoms with Crippen LogP contribution in [0.5, 0.6) is 5.75 Å². The van der Waals surface area contributed by atoms with Crippen LogP contribution in [0.2, 0.25) is 10.0 Å². The van der Waals surface area contributed by atoms with E-state index in [9.17, 15) is 0 Å². The van der Waals surface area contributed by atoms with Crippen LogP contribution in [0, 0.1) is 0 Å². The second-order valence-electron chi connectivity index (χ2n) is 6.99. The monoisotopic (exact) mass is 472 g/mol. The third-order valence-electron chi connectivity index (χ3n) is 5.06. The zero-order chi connectivity index (χ0) is 21.4. The lowest BCUT2D eigenvalue weighted by Crippen LogP contribution is -1.95. The highest BCUT2D eigenvalue weighted by atomic mass is 35.5. The molecule has 5 nitrogen and oxygen atoms in total. The summed E-state index contributed by atoms with van der Waals surface area (Å²) in [4.78, 5) is 5.63. The number of methoxy groups -OCH3 is 1. The number of nitrogens with one attached hydrogen (secondary N) is 1. The van der Waals surface area contributed by atoms with Gasteiger partial charge in [-0.1, -0.05) is 35.3 Å². The highest BCUT2D eigenvalue weighted by Crippen LogP contribution is 2.38. The van der Waals surface area contributed by atoms with E-state index in [1.54, 1.807) is 36.8 Å². The summed E-state index contributed by atoms with van der Waals surface area (Å²) in [5, 5.41) is 7.44. The predicted octanol–water partition coefficient (Wildman–Crippen LogP) is 7.07. The lowest BCUT2D eigenvalue weighted by molar-refractivity contribution is -0.0413. The number of pyridine rings is 1. The van der Waals surface area contributed by atoms with Gasteiger partial charge in [-0.15, -0.1) is 11.3 Å². The van der Waals surface area contributed by atoms with Crippen molar-refractivity contribution in [3.8, 4) is 16.9 Å². The highest BCUT2D eigenvalue weighted by Gasteiger charge is 2.20. The molecule has 1 saturated heterocycles. The van der Waals surface area contributed by atoms with Gasteiger partial charge in [0.2, 0.25) is 0 Å². The zero-order valence-electron chi connectivity index (χ0n) is 16.5. The van der Waals surface area contributed by atoms with Gasteiger partial charge in [0.15, 0.2) is 6.29 Å². The Morgan fingerprint density at radius 2 is 1.84 bits per heavy atom. The van der Waals surface area contributed by atoms with Crippen LogP contribution in [0.15, 0.2) is 54.0 Å². The number of rotatable bonds is 5. The third kappa shape index (κ3) is 4.10. The van der Waals surface area contributed by atoms with Crippen molar-refractivity contribution < 1.29 is 14.2 Å². The number of hydrogen-bond acceptors (Lipinski definition) is 6. The number of anilines is 2. The van der Waals surface area contributed by atoms with Crippen molar-refractivity contribution in [1.29, 1.82) is 0 Å². The van der Waals surface area contributed by atoms with E-state index in [2.05, 4.69) is 39.9 Å². The van der Waals surface area contributed by atoms with Crippen LogP contribution in [0.1, 0.15) is 11.2 Å². The van der Waals surface area contributed by atoms with Gasteiger partial charge in [0.25, 0.3) is 0 Å². The summed E-state index contributed by atoms with van der Waals surface area (Å²) in [6.07, 6.45) is 1.52. The molecule has 31 heavy (non-hydrogen) atoms. The quantitative estimate of drug-likeness (QED) is 0.336. The Balaban J connectivity index is 1.47. The van der Waals surface area contributed by atoms with Gasteiger partial charge in [-0.05, 0) is 40.8 Å². The fourth-order valence-corrected chi connectivity index (χ4v) is 4.93. The van der Waals surface area contributed by atoms with E-state index in [1.807, 2.05) is 6.07 Å². The van der Waals surface area contributed by atoms with Crippen molar-refractivity contribution in [2.24, 2.45) is 0 Å². The van der Waals surface area contributed by atoms with Gasteiger partial charge in [-0.2, -0.15) is 0 Å². The summed E-state index contributed by atoms with van der Waals surface area (Å²) in [5.41, 5.74) is 4.68. The molecule has 0 atom stereocenters. The summed E-state index contributed by atoms with van der Waals surface area (Å²) < 4.78 is 16.5. The minimum Gasteiger partial charge on any atom is -0.495 e. The minimum absolute atomic E-state index is 0.255. The van der Waals surface area contributed by atoms with Gasteiger partial charge in [0, 0.05) is 23.3 Å². The predicted molar refractivity (Wildman–Crippen MR) is 126 cm³/mol. The maximum atomic E-state index is 6.38. The first-order chi connectivity index (χ1) is 15.1. The Bertz CT molecular complexity index is 1260. The average molecular weight is 473 g/mol. The van der Waals surface area contributed by atoms with E-state index in [4.69, 9.17) is 37.4 Å². The number of benzene rings is 2. The number of ether oxygens (including phenoxy) is 3. The molecule has 0 bridgehead atoms. The first kappa shape index (κ1) is 20.5. The fraction of sp³-hybridized carbons (Fsp3) is 0.174. The number of aromatic nitrogens is 1. The molecule has 0 spiro atoms. The molecule has 0 radical (unpaired) electrons. The average Bonchev–Trinajstić information content (AvgIpc) is 3.47. The smallest absolute Gasteiger partial charge is 0.193 e. The van der Waals surface area contributed by atoms with E-state index in [1.165, 1.54) is 0 Å². The van der Waals surface area contributed by atoms with Crippen LogP contribution in [0.3, 0.4) is 0 Å². The molecule has 1 N–H and O–H groups in total. The summed E-state index contributed by atoms with van der Waals surface area (Å²) >= 11 is 14.2. The van der Waals surface area contributed by atoms with Crippen LogP contribution in [0.4, 0.5) is 11.4 Å². The minimum atomic E-state index is -0.255. The molecule has 1 aliphatic rings. The first-order valence-electron chi connectivity index (χ1n) is 9.63. The van der Waals surface area contributed by atoms with Gasteiger partial charge in [-0.25, -0.2) is 0 Å². The number of hydrogen-bond donors (Lipinski definition) is 1. The molecule has 0 aliphatic carbocycles. The molecule has 8 heteroatoms. The second-order valence-corrected chi connectivity index (χ2v) is 8.75. The molecular weight excluding hydrogens is 455 g/mol. The maximum Gasteiger partial charge on any atom is 0.193 e. The van der Waals surface area contributed by atoms with Crippen molar-refractivity contribution >= 4 is 56.8 Å². The van der Waals surface area contributed by atoms with Gasteiger partial charge >= 0.3 is 0 Å². The second kappa shape index (κ2) is 8.65. The molecule has 2 aromatic heterocycles. The van der Waals surface area contributed by atoms with E-state index < -0.39 is 0 Å². The SMILES string of the molecule is COc1cc(Nc2ccnc3cc(-c4csc(C5OCCO5)c4)ccc23)c(Cl)cc1Cl. The fourth-order valence-electron chi connectivity index (χ4n) is 3.51. The largest absolute Gasteiger partial charge is 0.495 e. The number of thiophene rings is 1. The maximum absolute atomic E-state index is 6.38. The lowest BCUT2D eigenvalue weighted by Gasteiger charge is -2.13. The Hall–Kier alpha value is -2.35. The topological polar surface area (TPSA) is 52.6 Å². The van der Waals surface area contributed by atoms with Crippen molar-refractivity contribution in [1.82, 2.24) is 4.98 Å². The summed E-state index contributed by atoms with van der Waals surface area (Å²) in [7, 11) is 1.57. The van der Waals surface area contributed by atoms with E-state index in [0.29, 0.717) is 34.7 Å². The van der Waals surface area contributed by atoms with Crippen molar-refractivity contribution in [2.75, 3.05) is 25.6 Å². The van der Waals surface area contributed by atoms with E-state index in [0.717, 1.165) is 32.6 Å². The summed E-state index contributed by atoms with van der Waals surface area (Å²) in [6, 6.07) is 13.7. The molecule has 2 aromatic carbocycles. The summed E-state index contributed by atoms with van der Waals surface area (Å²) in [6.45, 7) is 1.27. The van der Waals surface area contributed by atoms with Crippen molar-refractivity contribution in [3.05, 3.63) is 69.0 Å². The van der Waals surface area contributed by atoms with Crippen LogP contribution >= 0.6 is 34.5 Å². The molecule has 4 aromatic rings. The van der Waals surface area contributed by atoms with E-state index in [-0.39, 0.29) is 6.29 Å². The van der Waals surface area contributed by atoms with Crippen LogP contribution in [-0.4, -0.2) is 25.3 Å². The van der Waals surface area contributed by atoms with Crippen molar-refractivity contribution in [2.45, 2.75) is 6.29 Å². The first-order valence-corrected chi connectivity index (χ1v) is 11.3. The lowest BCUT2D eigenvalue weighted by atomic mass is 10.1. The molecule has 158 valence electrons. The van der Waals surface area contributed by atoms with Crippen molar-refractivity contribution in [3.63, 3.8) is 0 Å². The van der Waals surface area contributed by atoms with Gasteiger partial charge in [0.05, 0.1) is 46.5 Å². The molecular formula is C23H18Cl2N2O3S. The third-order valence-corrected chi connectivity index (χ3v) is 6.62.